The molecule has 8 heteroatoms. The number of thiophene rings is 1. The van der Waals surface area contributed by atoms with Crippen molar-refractivity contribution in [3.8, 4) is 0 Å². The minimum absolute atomic E-state index is 0.0453. The van der Waals surface area contributed by atoms with Crippen molar-refractivity contribution >= 4 is 46.4 Å². The number of nitrogens with two attached hydrogens (primary N) is 1. The zero-order valence-electron chi connectivity index (χ0n) is 13.1. The van der Waals surface area contributed by atoms with Gasteiger partial charge in [0.1, 0.15) is 0 Å². The summed E-state index contributed by atoms with van der Waals surface area (Å²) in [5, 5.41) is 1.63. The monoisotopic (exact) mass is 376 g/mol. The molecule has 3 rings (SSSR count). The molecule has 0 unspecified atom stereocenters. The highest BCUT2D eigenvalue weighted by Gasteiger charge is 2.41. The Kier molecular flexibility index (Phi) is 4.61. The third-order valence-corrected chi connectivity index (χ3v) is 4.71. The first-order valence-electron chi connectivity index (χ1n) is 7.34. The van der Waals surface area contributed by atoms with E-state index < -0.39 is 17.8 Å². The van der Waals surface area contributed by atoms with Crippen LogP contribution in [0.5, 0.6) is 0 Å². The van der Waals surface area contributed by atoms with Gasteiger partial charge in [-0.15, -0.1) is 11.3 Å². The number of hydrogen-bond donors (Lipinski definition) is 1. The highest BCUT2D eigenvalue weighted by molar-refractivity contribution is 7.14. The van der Waals surface area contributed by atoms with E-state index in [-0.39, 0.29) is 29.1 Å². The Morgan fingerprint density at radius 3 is 2.32 bits per heavy atom. The molecule has 0 saturated heterocycles. The first-order chi connectivity index (χ1) is 12.0. The molecule has 1 aromatic carbocycles. The maximum absolute atomic E-state index is 12.7. The molecule has 6 nitrogen and oxygen atoms in total. The van der Waals surface area contributed by atoms with E-state index in [0.29, 0.717) is 9.90 Å². The average Bonchev–Trinajstić information content (AvgIpc) is 3.13. The maximum Gasteiger partial charge on any atom is 0.357 e. The molecule has 0 radical (unpaired) electrons. The van der Waals surface area contributed by atoms with Gasteiger partial charge in [-0.1, -0.05) is 23.7 Å². The van der Waals surface area contributed by atoms with Crippen molar-refractivity contribution in [2.24, 2.45) is 5.73 Å². The van der Waals surface area contributed by atoms with E-state index in [4.69, 9.17) is 22.1 Å². The molecule has 0 fully saturated rings. The number of halogens is 1. The minimum atomic E-state index is -0.850. The largest absolute Gasteiger partial charge is 0.461 e. The summed E-state index contributed by atoms with van der Waals surface area (Å²) in [4.78, 5) is 38.6. The van der Waals surface area contributed by atoms with Crippen molar-refractivity contribution in [3.05, 3.63) is 62.4 Å². The third kappa shape index (κ3) is 2.92. The number of benzene rings is 1. The van der Waals surface area contributed by atoms with Crippen LogP contribution >= 0.6 is 22.9 Å². The van der Waals surface area contributed by atoms with Gasteiger partial charge in [-0.3, -0.25) is 9.59 Å². The topological polar surface area (TPSA) is 89.7 Å². The molecule has 1 aliphatic rings. The lowest BCUT2D eigenvalue weighted by Gasteiger charge is -2.19. The number of ether oxygens (including phenoxy) is 1. The predicted molar refractivity (Wildman–Crippen MR) is 94.0 cm³/mol. The summed E-state index contributed by atoms with van der Waals surface area (Å²) in [6.07, 6.45) is 0. The first-order valence-corrected chi connectivity index (χ1v) is 8.60. The zero-order chi connectivity index (χ0) is 18.1. The Morgan fingerprint density at radius 2 is 1.84 bits per heavy atom. The summed E-state index contributed by atoms with van der Waals surface area (Å²) < 4.78 is 5.47. The zero-order valence-corrected chi connectivity index (χ0v) is 14.7. The fourth-order valence-corrected chi connectivity index (χ4v) is 3.38. The number of rotatable bonds is 4. The molecule has 2 heterocycles. The molecule has 1 aromatic heterocycles. The maximum atomic E-state index is 12.7. The quantitative estimate of drug-likeness (QED) is 0.503. The second-order valence-electron chi connectivity index (χ2n) is 5.11. The first kappa shape index (κ1) is 17.2. The van der Waals surface area contributed by atoms with Crippen molar-refractivity contribution < 1.29 is 19.1 Å². The van der Waals surface area contributed by atoms with E-state index >= 15 is 0 Å². The summed E-state index contributed by atoms with van der Waals surface area (Å²) in [5.41, 5.74) is 6.62. The number of esters is 1. The van der Waals surface area contributed by atoms with E-state index in [9.17, 15) is 14.4 Å². The van der Waals surface area contributed by atoms with E-state index in [1.165, 1.54) is 23.5 Å². The highest BCUT2D eigenvalue weighted by Crippen LogP contribution is 2.31. The van der Waals surface area contributed by atoms with Crippen molar-refractivity contribution in [1.82, 2.24) is 4.90 Å². The van der Waals surface area contributed by atoms with Crippen LogP contribution < -0.4 is 5.73 Å². The normalized spacial score (nSPS) is 14.4. The second-order valence-corrected chi connectivity index (χ2v) is 6.66. The summed E-state index contributed by atoms with van der Waals surface area (Å²) >= 11 is 7.13. The van der Waals surface area contributed by atoms with Gasteiger partial charge in [0.2, 0.25) is 0 Å². The Labute approximate surface area is 152 Å². The lowest BCUT2D eigenvalue weighted by atomic mass is 10.1. The van der Waals surface area contributed by atoms with Crippen LogP contribution in [0.25, 0.3) is 5.70 Å². The number of hydrogen-bond acceptors (Lipinski definition) is 6. The Bertz CT molecular complexity index is 884. The summed E-state index contributed by atoms with van der Waals surface area (Å²) in [5.74, 6) is -2.09. The Balaban J connectivity index is 2.15. The van der Waals surface area contributed by atoms with Crippen LogP contribution in [0.1, 0.15) is 33.2 Å². The van der Waals surface area contributed by atoms with Crippen LogP contribution in [0, 0.1) is 0 Å². The molecule has 25 heavy (non-hydrogen) atoms. The van der Waals surface area contributed by atoms with Gasteiger partial charge in [0.05, 0.1) is 27.8 Å². The third-order valence-electron chi connectivity index (χ3n) is 3.62. The van der Waals surface area contributed by atoms with Gasteiger partial charge in [0, 0.05) is 10.9 Å². The SMILES string of the molecule is CCOC(=O)/C(=C(\N)c1csc(Cl)c1)N1C(=O)c2ccccc2C1=O. The molecule has 2 N–H and O–H groups in total. The van der Waals surface area contributed by atoms with Crippen molar-refractivity contribution in [2.45, 2.75) is 6.92 Å². The van der Waals surface area contributed by atoms with E-state index in [2.05, 4.69) is 0 Å². The number of nitrogens with zero attached hydrogens (tertiary/aromatic N) is 1. The number of amides is 2. The average molecular weight is 377 g/mol. The lowest BCUT2D eigenvalue weighted by molar-refractivity contribution is -0.139. The van der Waals surface area contributed by atoms with Crippen LogP contribution in [0.15, 0.2) is 41.4 Å². The van der Waals surface area contributed by atoms with Gasteiger partial charge in [0.15, 0.2) is 5.70 Å². The van der Waals surface area contributed by atoms with Crippen LogP contribution in [0.4, 0.5) is 0 Å². The minimum Gasteiger partial charge on any atom is -0.461 e. The molecule has 0 atom stereocenters. The van der Waals surface area contributed by atoms with E-state index in [1.807, 2.05) is 0 Å². The molecule has 0 bridgehead atoms. The van der Waals surface area contributed by atoms with E-state index in [0.717, 1.165) is 4.90 Å². The van der Waals surface area contributed by atoms with Crippen LogP contribution in [0.3, 0.4) is 0 Å². The Hall–Kier alpha value is -2.64. The van der Waals surface area contributed by atoms with Gasteiger partial charge in [-0.25, -0.2) is 9.69 Å². The second kappa shape index (κ2) is 6.70. The molecule has 0 saturated carbocycles. The van der Waals surface area contributed by atoms with Crippen LogP contribution in [0.2, 0.25) is 4.34 Å². The molecule has 2 amide bonds. The number of carbonyl (C=O) groups excluding carboxylic acids is 3. The molecular weight excluding hydrogens is 364 g/mol. The highest BCUT2D eigenvalue weighted by atomic mass is 35.5. The molecule has 0 aliphatic carbocycles. The van der Waals surface area contributed by atoms with Gasteiger partial charge in [-0.2, -0.15) is 0 Å². The van der Waals surface area contributed by atoms with Crippen molar-refractivity contribution in [2.75, 3.05) is 6.61 Å². The fraction of sp³-hybridized carbons (Fsp3) is 0.118. The van der Waals surface area contributed by atoms with Gasteiger partial charge in [-0.05, 0) is 25.1 Å². The predicted octanol–water partition coefficient (Wildman–Crippen LogP) is 2.89. The summed E-state index contributed by atoms with van der Waals surface area (Å²) in [7, 11) is 0. The standard InChI is InChI=1S/C17H13ClN2O4S/c1-2-24-17(23)14(13(19)9-7-12(18)25-8-9)20-15(21)10-5-3-4-6-11(10)16(20)22/h3-8H,2,19H2,1H3/b14-13+. The molecule has 1 aliphatic heterocycles. The number of carbonyl (C=O) groups is 3. The summed E-state index contributed by atoms with van der Waals surface area (Å²) in [6.45, 7) is 1.69. The lowest BCUT2D eigenvalue weighted by Crippen LogP contribution is -2.35. The van der Waals surface area contributed by atoms with Crippen LogP contribution in [-0.4, -0.2) is 29.3 Å². The number of imide groups is 1. The molecular formula is C17H13ClN2O4S. The fourth-order valence-electron chi connectivity index (χ4n) is 2.50. The molecule has 128 valence electrons. The Morgan fingerprint density at radius 1 is 1.24 bits per heavy atom. The molecule has 0 spiro atoms. The summed E-state index contributed by atoms with van der Waals surface area (Å²) in [6, 6.07) is 7.89. The molecule has 2 aromatic rings. The van der Waals surface area contributed by atoms with Gasteiger partial charge in [0.25, 0.3) is 11.8 Å². The van der Waals surface area contributed by atoms with Crippen LogP contribution in [-0.2, 0) is 9.53 Å². The smallest absolute Gasteiger partial charge is 0.357 e. The van der Waals surface area contributed by atoms with Gasteiger partial charge < -0.3 is 10.5 Å². The van der Waals surface area contributed by atoms with E-state index in [1.54, 1.807) is 30.5 Å². The van der Waals surface area contributed by atoms with Crippen molar-refractivity contribution in [3.63, 3.8) is 0 Å². The number of fused-ring (bicyclic) bond motifs is 1. The van der Waals surface area contributed by atoms with Crippen molar-refractivity contribution in [1.29, 1.82) is 0 Å². The van der Waals surface area contributed by atoms with Gasteiger partial charge >= 0.3 is 5.97 Å².